The monoisotopic (exact) mass is 782 g/mol. The van der Waals surface area contributed by atoms with Crippen molar-refractivity contribution in [3.05, 3.63) is 71.0 Å². The fourth-order valence-electron chi connectivity index (χ4n) is 6.01. The van der Waals surface area contributed by atoms with E-state index in [1.54, 1.807) is 30.3 Å². The maximum Gasteiger partial charge on any atom is 0.407 e. The van der Waals surface area contributed by atoms with Crippen LogP contribution in [0.25, 0.3) is 22.3 Å². The highest BCUT2D eigenvalue weighted by Crippen LogP contribution is 2.32. The molecule has 1 aliphatic carbocycles. The molecule has 0 spiro atoms. The lowest BCUT2D eigenvalue weighted by Crippen LogP contribution is -2.55. The number of hydrogen-bond acceptors (Lipinski definition) is 9. The number of allylic oxidation sites excluding steroid dienone is 1. The maximum atomic E-state index is 14.7. The van der Waals surface area contributed by atoms with Crippen LogP contribution in [-0.4, -0.2) is 88.2 Å². The zero-order valence-electron chi connectivity index (χ0n) is 31.0. The van der Waals surface area contributed by atoms with Gasteiger partial charge in [-0.05, 0) is 74.7 Å². The van der Waals surface area contributed by atoms with Gasteiger partial charge in [0.1, 0.15) is 30.1 Å². The summed E-state index contributed by atoms with van der Waals surface area (Å²) < 4.78 is 42.2. The Morgan fingerprint density at radius 1 is 1.09 bits per heavy atom. The number of ether oxygens (including phenoxy) is 2. The van der Waals surface area contributed by atoms with Crippen molar-refractivity contribution in [1.82, 2.24) is 30.2 Å². The van der Waals surface area contributed by atoms with Gasteiger partial charge in [0.2, 0.25) is 11.8 Å². The minimum absolute atomic E-state index is 0.0446. The van der Waals surface area contributed by atoms with Crippen LogP contribution in [0, 0.1) is 5.92 Å². The first-order valence-electron chi connectivity index (χ1n) is 18.7. The van der Waals surface area contributed by atoms with E-state index in [0.717, 1.165) is 38.5 Å². The molecule has 296 valence electrons. The summed E-state index contributed by atoms with van der Waals surface area (Å²) in [5, 5.41) is 5.41. The Kier molecular flexibility index (Phi) is 14.6. The Balaban J connectivity index is 1.08. The van der Waals surface area contributed by atoms with Gasteiger partial charge < -0.3 is 30.0 Å². The van der Waals surface area contributed by atoms with Crippen molar-refractivity contribution < 1.29 is 37.4 Å². The summed E-state index contributed by atoms with van der Waals surface area (Å²) in [5.74, 6) is -5.26. The molecule has 0 bridgehead atoms. The summed E-state index contributed by atoms with van der Waals surface area (Å²) >= 11 is 1.35. The number of carbonyl (C=O) groups is 4. The van der Waals surface area contributed by atoms with Crippen LogP contribution in [0.1, 0.15) is 65.2 Å². The minimum atomic E-state index is -3.60. The lowest BCUT2D eigenvalue weighted by Gasteiger charge is -2.28. The van der Waals surface area contributed by atoms with Crippen LogP contribution in [0.3, 0.4) is 0 Å². The molecular formula is C39H48F2N6O7S. The molecule has 0 radical (unpaired) electrons. The topological polar surface area (TPSA) is 172 Å². The number of nitrogens with one attached hydrogen (secondary N) is 4. The number of amides is 4. The molecule has 3 aromatic rings. The van der Waals surface area contributed by atoms with E-state index in [-0.39, 0.29) is 29.8 Å². The molecule has 1 aromatic heterocycles. The van der Waals surface area contributed by atoms with E-state index in [1.165, 1.54) is 35.0 Å². The van der Waals surface area contributed by atoms with Crippen molar-refractivity contribution in [1.29, 1.82) is 0 Å². The maximum absolute atomic E-state index is 14.7. The quantitative estimate of drug-likeness (QED) is 0.0696. The summed E-state index contributed by atoms with van der Waals surface area (Å²) in [5.41, 5.74) is 1.11. The third kappa shape index (κ3) is 12.3. The van der Waals surface area contributed by atoms with Crippen LogP contribution in [0.15, 0.2) is 65.5 Å². The number of fused-ring (bicyclic) bond motifs is 1. The van der Waals surface area contributed by atoms with E-state index < -0.39 is 61.2 Å². The van der Waals surface area contributed by atoms with Gasteiger partial charge in [0.25, 0.3) is 11.5 Å². The molecule has 1 saturated heterocycles. The molecule has 1 aliphatic heterocycles. The van der Waals surface area contributed by atoms with Gasteiger partial charge in [-0.3, -0.25) is 23.9 Å². The number of H-pyrrole nitrogens is 1. The van der Waals surface area contributed by atoms with Crippen LogP contribution in [0.5, 0.6) is 5.75 Å². The molecule has 55 heavy (non-hydrogen) atoms. The van der Waals surface area contributed by atoms with E-state index in [0.29, 0.717) is 34.7 Å². The van der Waals surface area contributed by atoms with E-state index in [1.807, 2.05) is 19.1 Å². The highest BCUT2D eigenvalue weighted by Gasteiger charge is 2.38. The summed E-state index contributed by atoms with van der Waals surface area (Å²) in [4.78, 5) is 73.1. The zero-order valence-corrected chi connectivity index (χ0v) is 31.8. The number of para-hydroxylation sites is 2. The van der Waals surface area contributed by atoms with Crippen LogP contribution >= 0.6 is 11.9 Å². The molecule has 1 saturated carbocycles. The van der Waals surface area contributed by atoms with Crippen LogP contribution in [-0.2, 0) is 19.1 Å². The van der Waals surface area contributed by atoms with Crippen LogP contribution in [0.4, 0.5) is 13.6 Å². The van der Waals surface area contributed by atoms with E-state index in [4.69, 9.17) is 9.47 Å². The second-order valence-corrected chi connectivity index (χ2v) is 14.9. The molecule has 2 aromatic carbocycles. The van der Waals surface area contributed by atoms with Gasteiger partial charge in [-0.1, -0.05) is 63.1 Å². The number of halogens is 2. The van der Waals surface area contributed by atoms with Crippen molar-refractivity contribution in [3.63, 3.8) is 0 Å². The molecule has 13 nitrogen and oxygen atoms in total. The smallest absolute Gasteiger partial charge is 0.407 e. The van der Waals surface area contributed by atoms with Crippen molar-refractivity contribution in [2.45, 2.75) is 88.5 Å². The second kappa shape index (κ2) is 19.6. The third-order valence-electron chi connectivity index (χ3n) is 9.20. The first-order valence-corrected chi connectivity index (χ1v) is 19.5. The molecule has 4 amide bonds. The number of aromatic nitrogens is 2. The Hall–Kier alpha value is -4.99. The predicted octanol–water partition coefficient (Wildman–Crippen LogP) is 5.51. The fourth-order valence-corrected chi connectivity index (χ4v) is 6.79. The molecule has 2 aliphatic rings. The molecule has 2 heterocycles. The highest BCUT2D eigenvalue weighted by atomic mass is 32.2. The molecule has 4 N–H and O–H groups in total. The van der Waals surface area contributed by atoms with Crippen molar-refractivity contribution in [2.24, 2.45) is 5.92 Å². The second-order valence-electron chi connectivity index (χ2n) is 13.8. The number of aromatic amines is 1. The SMILES string of the molecule is CCCCC/C=C\C(C)C(NC(=O)C1CCCN1C(=O)CNC(=O)OCC(F)(F)COc1cccc(-c2nc3ccccc3[nH]c2=O)c1)C(=O)NSC1CC1. The number of alkyl carbamates (subject to hydrolysis) is 1. The Bertz CT molecular complexity index is 1910. The lowest BCUT2D eigenvalue weighted by atomic mass is 9.99. The highest BCUT2D eigenvalue weighted by molar-refractivity contribution is 7.98. The molecule has 16 heteroatoms. The Morgan fingerprint density at radius 3 is 2.67 bits per heavy atom. The molecule has 3 unspecified atom stereocenters. The van der Waals surface area contributed by atoms with Gasteiger partial charge in [0.05, 0.1) is 11.0 Å². The van der Waals surface area contributed by atoms with Crippen molar-refractivity contribution in [2.75, 3.05) is 26.3 Å². The number of likely N-dealkylation sites (tertiary alicyclic amines) is 1. The van der Waals surface area contributed by atoms with Gasteiger partial charge in [0, 0.05) is 23.3 Å². The average molecular weight is 783 g/mol. The number of benzene rings is 2. The molecule has 2 fully saturated rings. The predicted molar refractivity (Wildman–Crippen MR) is 205 cm³/mol. The number of nitrogens with zero attached hydrogens (tertiary/aromatic N) is 2. The number of carbonyl (C=O) groups excluding carboxylic acids is 4. The Labute approximate surface area is 322 Å². The summed E-state index contributed by atoms with van der Waals surface area (Å²) in [6.45, 7) is 1.17. The van der Waals surface area contributed by atoms with Gasteiger partial charge in [-0.25, -0.2) is 9.78 Å². The van der Waals surface area contributed by atoms with Gasteiger partial charge >= 0.3 is 12.0 Å². The zero-order chi connectivity index (χ0) is 39.4. The largest absolute Gasteiger partial charge is 0.487 e. The van der Waals surface area contributed by atoms with E-state index in [9.17, 15) is 32.8 Å². The van der Waals surface area contributed by atoms with E-state index in [2.05, 4.69) is 32.2 Å². The fraction of sp³-hybridized carbons (Fsp3) is 0.487. The number of unbranched alkanes of at least 4 members (excludes halogenated alkanes) is 3. The molecule has 5 rings (SSSR count). The summed E-state index contributed by atoms with van der Waals surface area (Å²) in [6, 6.07) is 11.2. The minimum Gasteiger partial charge on any atom is -0.487 e. The average Bonchev–Trinajstić information content (AvgIpc) is 3.88. The third-order valence-corrected chi connectivity index (χ3v) is 10.3. The normalized spacial score (nSPS) is 16.8. The summed E-state index contributed by atoms with van der Waals surface area (Å²) in [7, 11) is 0. The van der Waals surface area contributed by atoms with Gasteiger partial charge in [-0.15, -0.1) is 0 Å². The van der Waals surface area contributed by atoms with Crippen molar-refractivity contribution in [3.8, 4) is 17.0 Å². The lowest BCUT2D eigenvalue weighted by molar-refractivity contribution is -0.139. The molecular weight excluding hydrogens is 735 g/mol. The van der Waals surface area contributed by atoms with Crippen LogP contribution in [0.2, 0.25) is 0 Å². The van der Waals surface area contributed by atoms with E-state index >= 15 is 0 Å². The van der Waals surface area contributed by atoms with Gasteiger partial charge in [0.15, 0.2) is 13.2 Å². The number of hydrogen-bond donors (Lipinski definition) is 4. The van der Waals surface area contributed by atoms with Crippen molar-refractivity contribution >= 4 is 46.8 Å². The first kappa shape index (κ1) is 41.2. The first-order chi connectivity index (χ1) is 26.4. The number of alkyl halides is 2. The number of rotatable bonds is 19. The van der Waals surface area contributed by atoms with Gasteiger partial charge in [-0.2, -0.15) is 8.78 Å². The standard InChI is InChI=1S/C39H48F2N6O7S/c1-3-4-5-6-7-12-25(2)33(37(51)46-55-28-18-19-28)45-35(49)31-17-11-20-47(31)32(48)22-42-38(52)54-24-39(40,41)23-53-27-14-10-13-26(21-27)34-36(50)44-30-16-9-8-15-29(30)43-34/h7-10,12-16,21,25,28,31,33H,3-6,11,17-20,22-24H2,1-2H3,(H,42,52)(H,44,50)(H,45,49)(H,46,51)/b12-7-. The van der Waals surface area contributed by atoms with Crippen LogP contribution < -0.4 is 25.7 Å². The summed E-state index contributed by atoms with van der Waals surface area (Å²) in [6.07, 6.45) is 9.74. The Morgan fingerprint density at radius 2 is 1.89 bits per heavy atom. The molecule has 3 atom stereocenters.